The zero-order valence-corrected chi connectivity index (χ0v) is 15.5. The van der Waals surface area contributed by atoms with E-state index in [1.165, 1.54) is 77.0 Å². The molecule has 23 heavy (non-hydrogen) atoms. The van der Waals surface area contributed by atoms with Crippen LogP contribution in [0.15, 0.2) is 24.8 Å². The van der Waals surface area contributed by atoms with E-state index in [9.17, 15) is 4.79 Å². The Balaban J connectivity index is 3.16. The number of unbranched alkanes of at least 4 members (excludes halogenated alkanes) is 11. The molecular formula is C22H38O. The van der Waals surface area contributed by atoms with Crippen LogP contribution < -0.4 is 0 Å². The molecule has 0 unspecified atom stereocenters. The molecule has 0 aromatic heterocycles. The first kappa shape index (κ1) is 22.1. The van der Waals surface area contributed by atoms with Gasteiger partial charge in [-0.15, -0.1) is 6.58 Å². The third-order valence-electron chi connectivity index (χ3n) is 4.11. The Kier molecular flexibility index (Phi) is 18.5. The van der Waals surface area contributed by atoms with Gasteiger partial charge in [-0.3, -0.25) is 4.79 Å². The van der Waals surface area contributed by atoms with Gasteiger partial charge >= 0.3 is 0 Å². The highest BCUT2D eigenvalue weighted by Gasteiger charge is 2.00. The molecule has 132 valence electrons. The summed E-state index contributed by atoms with van der Waals surface area (Å²) in [6.45, 7) is 5.86. The second-order valence-electron chi connectivity index (χ2n) is 6.43. The van der Waals surface area contributed by atoms with E-state index in [1.54, 1.807) is 6.08 Å². The molecule has 0 saturated carbocycles. The van der Waals surface area contributed by atoms with Gasteiger partial charge in [0.1, 0.15) is 5.78 Å². The molecule has 0 aromatic carbocycles. The van der Waals surface area contributed by atoms with Crippen molar-refractivity contribution in [1.82, 2.24) is 0 Å². The van der Waals surface area contributed by atoms with Crippen molar-refractivity contribution in [3.63, 3.8) is 0 Å². The molecule has 0 aromatic rings. The Morgan fingerprint density at radius 3 is 1.91 bits per heavy atom. The van der Waals surface area contributed by atoms with Crippen LogP contribution in [0.2, 0.25) is 0 Å². The highest BCUT2D eigenvalue weighted by Crippen LogP contribution is 2.10. The first-order chi connectivity index (χ1) is 11.3. The first-order valence-electron chi connectivity index (χ1n) is 9.83. The van der Waals surface area contributed by atoms with E-state index in [2.05, 4.69) is 32.1 Å². The van der Waals surface area contributed by atoms with Crippen molar-refractivity contribution in [2.45, 2.75) is 103 Å². The van der Waals surface area contributed by atoms with Gasteiger partial charge in [0.15, 0.2) is 0 Å². The largest absolute Gasteiger partial charge is 0.299 e. The van der Waals surface area contributed by atoms with Gasteiger partial charge in [0.05, 0.1) is 6.42 Å². The van der Waals surface area contributed by atoms with Crippen LogP contribution in [-0.4, -0.2) is 5.78 Å². The quantitative estimate of drug-likeness (QED) is 0.192. The van der Waals surface area contributed by atoms with Gasteiger partial charge in [-0.1, -0.05) is 76.5 Å². The van der Waals surface area contributed by atoms with Crippen molar-refractivity contribution in [3.8, 4) is 0 Å². The maximum absolute atomic E-state index is 11.4. The minimum absolute atomic E-state index is 0.155. The minimum atomic E-state index is 0.155. The Morgan fingerprint density at radius 2 is 1.35 bits per heavy atom. The molecule has 0 aliphatic carbocycles. The van der Waals surface area contributed by atoms with E-state index in [1.807, 2.05) is 0 Å². The summed E-state index contributed by atoms with van der Waals surface area (Å²) in [7, 11) is 0. The molecule has 2 radical (unpaired) electrons. The molecule has 0 heterocycles. The third kappa shape index (κ3) is 19.1. The lowest BCUT2D eigenvalue weighted by Crippen LogP contribution is -1.97. The summed E-state index contributed by atoms with van der Waals surface area (Å²) in [6.07, 6.45) is 27.3. The Hall–Kier alpha value is -0.850. The van der Waals surface area contributed by atoms with Crippen LogP contribution >= 0.6 is 0 Å². The molecule has 0 aliphatic rings. The van der Waals surface area contributed by atoms with Crippen molar-refractivity contribution < 1.29 is 4.79 Å². The highest BCUT2D eigenvalue weighted by molar-refractivity contribution is 5.86. The molecule has 0 atom stereocenters. The molecular weight excluding hydrogens is 280 g/mol. The van der Waals surface area contributed by atoms with Crippen LogP contribution in [0, 0.1) is 6.42 Å². The molecule has 0 fully saturated rings. The minimum Gasteiger partial charge on any atom is -0.299 e. The van der Waals surface area contributed by atoms with E-state index in [-0.39, 0.29) is 5.78 Å². The smallest absolute Gasteiger partial charge is 0.141 e. The van der Waals surface area contributed by atoms with Crippen molar-refractivity contribution in [1.29, 1.82) is 0 Å². The summed E-state index contributed by atoms with van der Waals surface area (Å²) in [5.41, 5.74) is 0. The van der Waals surface area contributed by atoms with Gasteiger partial charge in [0.2, 0.25) is 0 Å². The van der Waals surface area contributed by atoms with Crippen LogP contribution in [-0.2, 0) is 4.79 Å². The lowest BCUT2D eigenvalue weighted by atomic mass is 10.1. The van der Waals surface area contributed by atoms with Gasteiger partial charge in [0, 0.05) is 6.42 Å². The zero-order chi connectivity index (χ0) is 17.0. The van der Waals surface area contributed by atoms with Crippen molar-refractivity contribution in [3.05, 3.63) is 31.2 Å². The maximum Gasteiger partial charge on any atom is 0.141 e. The fourth-order valence-corrected chi connectivity index (χ4v) is 2.63. The van der Waals surface area contributed by atoms with E-state index < -0.39 is 0 Å². The fourth-order valence-electron chi connectivity index (χ4n) is 2.63. The summed E-state index contributed by atoms with van der Waals surface area (Å²) >= 11 is 0. The first-order valence-corrected chi connectivity index (χ1v) is 9.83. The van der Waals surface area contributed by atoms with Gasteiger partial charge in [0.25, 0.3) is 0 Å². The topological polar surface area (TPSA) is 17.1 Å². The number of carbonyl (C=O) groups excluding carboxylic acids is 1. The predicted octanol–water partition coefficient (Wildman–Crippen LogP) is 7.25. The van der Waals surface area contributed by atoms with Crippen molar-refractivity contribution in [2.75, 3.05) is 0 Å². The number of hydrogen-bond donors (Lipinski definition) is 0. The highest BCUT2D eigenvalue weighted by atomic mass is 16.1. The lowest BCUT2D eigenvalue weighted by Gasteiger charge is -2.00. The molecule has 0 rings (SSSR count). The number of ketones is 1. The standard InChI is InChI=1S/C22H38O/c1-3-5-7-8-9-10-11-12-13-14-15-16-17-18-19-21-22(23)20-6-4-2/h4,12-13H,2-3,5-11,14-19,21H2,1H3. The van der Waals surface area contributed by atoms with Gasteiger partial charge in [-0.25, -0.2) is 0 Å². The van der Waals surface area contributed by atoms with Gasteiger partial charge < -0.3 is 0 Å². The molecule has 1 nitrogen and oxygen atoms in total. The number of Topliss-reactive ketones (excluding diaryl/α,β-unsaturated/α-hetero) is 1. The second kappa shape index (κ2) is 19.2. The van der Waals surface area contributed by atoms with Crippen LogP contribution in [0.3, 0.4) is 0 Å². The van der Waals surface area contributed by atoms with Crippen LogP contribution in [0.5, 0.6) is 0 Å². The Labute approximate surface area is 145 Å². The number of hydrogen-bond acceptors (Lipinski definition) is 1. The third-order valence-corrected chi connectivity index (χ3v) is 4.11. The van der Waals surface area contributed by atoms with Crippen LogP contribution in [0.4, 0.5) is 0 Å². The normalized spacial score (nSPS) is 11.2. The molecule has 0 bridgehead atoms. The van der Waals surface area contributed by atoms with Gasteiger partial charge in [-0.2, -0.15) is 0 Å². The number of rotatable bonds is 18. The van der Waals surface area contributed by atoms with Crippen molar-refractivity contribution >= 4 is 5.78 Å². The molecule has 1 heteroatoms. The number of allylic oxidation sites excluding steroid dienone is 3. The van der Waals surface area contributed by atoms with E-state index in [0.29, 0.717) is 12.8 Å². The summed E-state index contributed by atoms with van der Waals surface area (Å²) in [6, 6.07) is 0. The summed E-state index contributed by atoms with van der Waals surface area (Å²) in [4.78, 5) is 11.4. The van der Waals surface area contributed by atoms with Crippen molar-refractivity contribution in [2.24, 2.45) is 0 Å². The molecule has 0 aliphatic heterocycles. The summed E-state index contributed by atoms with van der Waals surface area (Å²) in [5.74, 6) is 0.155. The molecule has 0 N–H and O–H groups in total. The fraction of sp³-hybridized carbons (Fsp3) is 0.727. The number of carbonyl (C=O) groups is 1. The SMILES string of the molecule is C=CC[C]C(=O)CCCCCCCC=CCCCCCCCC. The molecule has 0 saturated heterocycles. The van der Waals surface area contributed by atoms with E-state index in [0.717, 1.165) is 6.42 Å². The monoisotopic (exact) mass is 318 g/mol. The molecule has 0 spiro atoms. The average molecular weight is 319 g/mol. The molecule has 0 amide bonds. The zero-order valence-electron chi connectivity index (χ0n) is 15.5. The second-order valence-corrected chi connectivity index (χ2v) is 6.43. The summed E-state index contributed by atoms with van der Waals surface area (Å²) in [5, 5.41) is 0. The Morgan fingerprint density at radius 1 is 0.826 bits per heavy atom. The summed E-state index contributed by atoms with van der Waals surface area (Å²) < 4.78 is 0. The van der Waals surface area contributed by atoms with E-state index in [4.69, 9.17) is 0 Å². The van der Waals surface area contributed by atoms with E-state index >= 15 is 0 Å². The Bertz CT molecular complexity index is 290. The lowest BCUT2D eigenvalue weighted by molar-refractivity contribution is -0.116. The van der Waals surface area contributed by atoms with Gasteiger partial charge in [-0.05, 0) is 38.5 Å². The van der Waals surface area contributed by atoms with Crippen LogP contribution in [0.25, 0.3) is 0 Å². The van der Waals surface area contributed by atoms with Crippen LogP contribution in [0.1, 0.15) is 103 Å². The maximum atomic E-state index is 11.4. The predicted molar refractivity (Wildman–Crippen MR) is 103 cm³/mol. The average Bonchev–Trinajstić information content (AvgIpc) is 2.56.